The highest BCUT2D eigenvalue weighted by Crippen LogP contribution is 2.20. The van der Waals surface area contributed by atoms with Crippen molar-refractivity contribution >= 4 is 23.8 Å². The van der Waals surface area contributed by atoms with Crippen LogP contribution in [0.2, 0.25) is 0 Å². The molecule has 116 valence electrons. The van der Waals surface area contributed by atoms with Crippen molar-refractivity contribution in [2.75, 3.05) is 0 Å². The Balaban J connectivity index is 2.35. The number of carbonyl (C=O) groups is 3. The normalized spacial score (nSPS) is 10.6. The molecule has 0 heterocycles. The minimum atomic E-state index is -1.22. The first-order valence-electron chi connectivity index (χ1n) is 6.51. The molecule has 2 aromatic rings. The molecular weight excluding hydrogens is 300 g/mol. The summed E-state index contributed by atoms with van der Waals surface area (Å²) < 4.78 is 0. The van der Waals surface area contributed by atoms with Gasteiger partial charge in [0.15, 0.2) is 5.78 Å². The Morgan fingerprint density at radius 1 is 0.870 bits per heavy atom. The number of rotatable bonds is 5. The van der Waals surface area contributed by atoms with Gasteiger partial charge in [-0.3, -0.25) is 4.79 Å². The summed E-state index contributed by atoms with van der Waals surface area (Å²) >= 11 is 0. The molecule has 0 spiro atoms. The number of aromatic carboxylic acids is 2. The SMILES string of the molecule is O=C(O)c1ccc(O)c(C(=O)C=Cc2ccccc2C(=O)O)c1. The number of carbonyl (C=O) groups excluding carboxylic acids is 1. The van der Waals surface area contributed by atoms with Crippen LogP contribution in [0.25, 0.3) is 6.08 Å². The lowest BCUT2D eigenvalue weighted by atomic mass is 10.0. The van der Waals surface area contributed by atoms with Gasteiger partial charge in [0, 0.05) is 0 Å². The van der Waals surface area contributed by atoms with Gasteiger partial charge in [-0.25, -0.2) is 9.59 Å². The number of ketones is 1. The number of hydrogen-bond donors (Lipinski definition) is 3. The highest BCUT2D eigenvalue weighted by Gasteiger charge is 2.13. The first-order chi connectivity index (χ1) is 10.9. The molecule has 0 saturated heterocycles. The molecule has 0 fully saturated rings. The van der Waals surface area contributed by atoms with Gasteiger partial charge in [-0.15, -0.1) is 0 Å². The first kappa shape index (κ1) is 16.0. The smallest absolute Gasteiger partial charge is 0.336 e. The molecule has 2 aromatic carbocycles. The Bertz CT molecular complexity index is 820. The maximum absolute atomic E-state index is 12.1. The van der Waals surface area contributed by atoms with E-state index < -0.39 is 17.7 Å². The van der Waals surface area contributed by atoms with Crippen LogP contribution in [0, 0.1) is 0 Å². The molecule has 0 saturated carbocycles. The standard InChI is InChI=1S/C17H12O6/c18-14(13-9-11(16(20)21)6-8-15(13)19)7-5-10-3-1-2-4-12(10)17(22)23/h1-9,19H,(H,20,21)(H,22,23). The fraction of sp³-hybridized carbons (Fsp3) is 0. The molecule has 0 aromatic heterocycles. The molecule has 0 amide bonds. The molecular formula is C17H12O6. The average Bonchev–Trinajstić information content (AvgIpc) is 2.53. The summed E-state index contributed by atoms with van der Waals surface area (Å²) in [6, 6.07) is 9.47. The van der Waals surface area contributed by atoms with E-state index in [4.69, 9.17) is 10.2 Å². The fourth-order valence-corrected chi connectivity index (χ4v) is 1.96. The maximum atomic E-state index is 12.1. The molecule has 2 rings (SSSR count). The molecule has 0 bridgehead atoms. The van der Waals surface area contributed by atoms with Crippen LogP contribution in [0.1, 0.15) is 36.6 Å². The summed E-state index contributed by atoms with van der Waals surface area (Å²) in [5.41, 5.74) is 0.0433. The predicted molar refractivity (Wildman–Crippen MR) is 81.8 cm³/mol. The molecule has 6 nitrogen and oxygen atoms in total. The van der Waals surface area contributed by atoms with E-state index in [1.165, 1.54) is 24.3 Å². The van der Waals surface area contributed by atoms with E-state index >= 15 is 0 Å². The fourth-order valence-electron chi connectivity index (χ4n) is 1.96. The molecule has 6 heteroatoms. The van der Waals surface area contributed by atoms with Gasteiger partial charge in [0.2, 0.25) is 0 Å². The number of phenolic OH excluding ortho intramolecular Hbond substituents is 1. The zero-order valence-corrected chi connectivity index (χ0v) is 11.8. The molecule has 23 heavy (non-hydrogen) atoms. The monoisotopic (exact) mass is 312 g/mol. The lowest BCUT2D eigenvalue weighted by molar-refractivity contribution is 0.0685. The lowest BCUT2D eigenvalue weighted by Crippen LogP contribution is -2.02. The summed E-state index contributed by atoms with van der Waals surface area (Å²) in [4.78, 5) is 34.1. The number of hydrogen-bond acceptors (Lipinski definition) is 4. The largest absolute Gasteiger partial charge is 0.507 e. The number of allylic oxidation sites excluding steroid dienone is 1. The lowest BCUT2D eigenvalue weighted by Gasteiger charge is -2.03. The molecule has 0 unspecified atom stereocenters. The summed E-state index contributed by atoms with van der Waals surface area (Å²) in [5, 5.41) is 27.7. The van der Waals surface area contributed by atoms with Crippen molar-refractivity contribution in [3.05, 3.63) is 70.8 Å². The zero-order valence-electron chi connectivity index (χ0n) is 11.8. The summed E-state index contributed by atoms with van der Waals surface area (Å²) in [6.45, 7) is 0. The van der Waals surface area contributed by atoms with Gasteiger partial charge in [0.05, 0.1) is 16.7 Å². The number of benzene rings is 2. The van der Waals surface area contributed by atoms with Gasteiger partial charge in [0.1, 0.15) is 5.75 Å². The van der Waals surface area contributed by atoms with E-state index in [-0.39, 0.29) is 22.4 Å². The van der Waals surface area contributed by atoms with E-state index in [1.54, 1.807) is 12.1 Å². The first-order valence-corrected chi connectivity index (χ1v) is 6.51. The Labute approximate surface area is 130 Å². The van der Waals surface area contributed by atoms with E-state index in [1.807, 2.05) is 0 Å². The Hall–Kier alpha value is -3.41. The third kappa shape index (κ3) is 3.62. The van der Waals surface area contributed by atoms with Gasteiger partial charge in [-0.1, -0.05) is 24.3 Å². The highest BCUT2D eigenvalue weighted by molar-refractivity contribution is 6.10. The van der Waals surface area contributed by atoms with Crippen LogP contribution in [0.4, 0.5) is 0 Å². The Morgan fingerprint density at radius 2 is 1.57 bits per heavy atom. The number of carboxylic acid groups (broad SMARTS) is 2. The Morgan fingerprint density at radius 3 is 2.22 bits per heavy atom. The van der Waals surface area contributed by atoms with Crippen molar-refractivity contribution < 1.29 is 29.7 Å². The molecule has 0 radical (unpaired) electrons. The topological polar surface area (TPSA) is 112 Å². The second kappa shape index (κ2) is 6.57. The quantitative estimate of drug-likeness (QED) is 0.578. The van der Waals surface area contributed by atoms with Crippen LogP contribution >= 0.6 is 0 Å². The molecule has 0 aliphatic rings. The van der Waals surface area contributed by atoms with Crippen molar-refractivity contribution in [1.29, 1.82) is 0 Å². The second-order valence-electron chi connectivity index (χ2n) is 4.63. The van der Waals surface area contributed by atoms with Crippen LogP contribution in [0.3, 0.4) is 0 Å². The van der Waals surface area contributed by atoms with Gasteiger partial charge < -0.3 is 15.3 Å². The average molecular weight is 312 g/mol. The van der Waals surface area contributed by atoms with Gasteiger partial charge in [0.25, 0.3) is 0 Å². The van der Waals surface area contributed by atoms with Gasteiger partial charge in [-0.05, 0) is 35.9 Å². The van der Waals surface area contributed by atoms with Crippen molar-refractivity contribution in [3.8, 4) is 5.75 Å². The van der Waals surface area contributed by atoms with Crippen LogP contribution in [0.5, 0.6) is 5.75 Å². The Kier molecular flexibility index (Phi) is 4.56. The van der Waals surface area contributed by atoms with Gasteiger partial charge >= 0.3 is 11.9 Å². The van der Waals surface area contributed by atoms with Crippen molar-refractivity contribution in [3.63, 3.8) is 0 Å². The van der Waals surface area contributed by atoms with Crippen LogP contribution in [-0.2, 0) is 0 Å². The maximum Gasteiger partial charge on any atom is 0.336 e. The van der Waals surface area contributed by atoms with Crippen LogP contribution in [-0.4, -0.2) is 33.0 Å². The minimum absolute atomic E-state index is 0.0278. The van der Waals surface area contributed by atoms with Crippen LogP contribution < -0.4 is 0 Å². The zero-order chi connectivity index (χ0) is 17.0. The van der Waals surface area contributed by atoms with Crippen LogP contribution in [0.15, 0.2) is 48.5 Å². The highest BCUT2D eigenvalue weighted by atomic mass is 16.4. The molecule has 3 N–H and O–H groups in total. The second-order valence-corrected chi connectivity index (χ2v) is 4.63. The third-order valence-corrected chi connectivity index (χ3v) is 3.11. The summed E-state index contributed by atoms with van der Waals surface area (Å²) in [6.07, 6.45) is 2.39. The summed E-state index contributed by atoms with van der Waals surface area (Å²) in [7, 11) is 0. The van der Waals surface area contributed by atoms with E-state index in [2.05, 4.69) is 0 Å². The summed E-state index contributed by atoms with van der Waals surface area (Å²) in [5.74, 6) is -3.34. The third-order valence-electron chi connectivity index (χ3n) is 3.11. The van der Waals surface area contributed by atoms with E-state index in [0.717, 1.165) is 18.2 Å². The molecule has 0 aliphatic carbocycles. The van der Waals surface area contributed by atoms with Crippen molar-refractivity contribution in [2.24, 2.45) is 0 Å². The number of phenols is 1. The van der Waals surface area contributed by atoms with Gasteiger partial charge in [-0.2, -0.15) is 0 Å². The number of carboxylic acids is 2. The molecule has 0 aliphatic heterocycles. The van der Waals surface area contributed by atoms with Crippen molar-refractivity contribution in [2.45, 2.75) is 0 Å². The van der Waals surface area contributed by atoms with E-state index in [9.17, 15) is 19.5 Å². The predicted octanol–water partition coefficient (Wildman–Crippen LogP) is 2.68. The molecule has 0 atom stereocenters. The minimum Gasteiger partial charge on any atom is -0.507 e. The van der Waals surface area contributed by atoms with Crippen molar-refractivity contribution in [1.82, 2.24) is 0 Å². The number of aromatic hydroxyl groups is 1. The van der Waals surface area contributed by atoms with E-state index in [0.29, 0.717) is 5.56 Å².